The van der Waals surface area contributed by atoms with Gasteiger partial charge in [-0.3, -0.25) is 0 Å². The van der Waals surface area contributed by atoms with Crippen LogP contribution >= 0.6 is 11.6 Å². The van der Waals surface area contributed by atoms with Crippen molar-refractivity contribution >= 4 is 11.6 Å². The van der Waals surface area contributed by atoms with E-state index in [1.54, 1.807) is 0 Å². The third-order valence-corrected chi connectivity index (χ3v) is 3.83. The molecule has 0 heterocycles. The van der Waals surface area contributed by atoms with Crippen molar-refractivity contribution in [2.75, 3.05) is 13.2 Å². The van der Waals surface area contributed by atoms with Crippen LogP contribution in [-0.4, -0.2) is 19.3 Å². The van der Waals surface area contributed by atoms with Crippen molar-refractivity contribution in [2.24, 2.45) is 5.92 Å². The lowest BCUT2D eigenvalue weighted by atomic mass is 9.97. The minimum absolute atomic E-state index is 0.256. The van der Waals surface area contributed by atoms with Crippen LogP contribution in [0.25, 0.3) is 0 Å². The fraction of sp³-hybridized carbons (Fsp3) is 0.625. The summed E-state index contributed by atoms with van der Waals surface area (Å²) in [4.78, 5) is 0. The van der Waals surface area contributed by atoms with Crippen molar-refractivity contribution in [3.63, 3.8) is 0 Å². The molecule has 2 unspecified atom stereocenters. The molecule has 0 aromatic heterocycles. The molecule has 1 aromatic carbocycles. The molecule has 19 heavy (non-hydrogen) atoms. The third kappa shape index (κ3) is 4.20. The molecule has 1 fully saturated rings. The van der Waals surface area contributed by atoms with Gasteiger partial charge in [0.1, 0.15) is 0 Å². The molecule has 1 N–H and O–H groups in total. The van der Waals surface area contributed by atoms with E-state index in [0.29, 0.717) is 5.92 Å². The molecule has 0 amide bonds. The van der Waals surface area contributed by atoms with Gasteiger partial charge in [0, 0.05) is 11.6 Å². The quantitative estimate of drug-likeness (QED) is 0.771. The molecule has 3 heteroatoms. The second-order valence-electron chi connectivity index (χ2n) is 5.24. The molecule has 0 saturated heterocycles. The van der Waals surface area contributed by atoms with Gasteiger partial charge in [-0.05, 0) is 56.3 Å². The summed E-state index contributed by atoms with van der Waals surface area (Å²) < 4.78 is 6.01. The number of halogens is 1. The lowest BCUT2D eigenvalue weighted by molar-refractivity contribution is 0.0186. The standard InChI is InChI=1S/C16H24ClNO/c1-3-10-18-15(13-6-5-7-14(17)11-13)16(19-4-2)12-8-9-12/h5-7,11-12,15-16,18H,3-4,8-10H2,1-2H3. The highest BCUT2D eigenvalue weighted by Gasteiger charge is 2.37. The fourth-order valence-corrected chi connectivity index (χ4v) is 2.74. The first kappa shape index (κ1) is 14.8. The van der Waals surface area contributed by atoms with Crippen LogP contribution in [0.2, 0.25) is 5.02 Å². The predicted octanol–water partition coefficient (Wildman–Crippen LogP) is 4.20. The molecular weight excluding hydrogens is 258 g/mol. The van der Waals surface area contributed by atoms with Crippen LogP contribution in [0.1, 0.15) is 44.7 Å². The molecule has 0 spiro atoms. The van der Waals surface area contributed by atoms with E-state index in [1.807, 2.05) is 12.1 Å². The largest absolute Gasteiger partial charge is 0.376 e. The van der Waals surface area contributed by atoms with Crippen LogP contribution in [0.4, 0.5) is 0 Å². The monoisotopic (exact) mass is 281 g/mol. The molecular formula is C16H24ClNO. The Morgan fingerprint density at radius 2 is 2.16 bits per heavy atom. The van der Waals surface area contributed by atoms with Crippen molar-refractivity contribution in [1.82, 2.24) is 5.32 Å². The summed E-state index contributed by atoms with van der Waals surface area (Å²) >= 11 is 6.13. The third-order valence-electron chi connectivity index (χ3n) is 3.60. The SMILES string of the molecule is CCCNC(c1cccc(Cl)c1)C(OCC)C1CC1. The highest BCUT2D eigenvalue weighted by Crippen LogP contribution is 2.40. The van der Waals surface area contributed by atoms with Gasteiger partial charge in [-0.2, -0.15) is 0 Å². The van der Waals surface area contributed by atoms with Crippen LogP contribution in [-0.2, 0) is 4.74 Å². The zero-order valence-electron chi connectivity index (χ0n) is 11.9. The zero-order valence-corrected chi connectivity index (χ0v) is 12.6. The Labute approximate surface area is 121 Å². The van der Waals surface area contributed by atoms with Crippen molar-refractivity contribution < 1.29 is 4.74 Å². The van der Waals surface area contributed by atoms with Gasteiger partial charge in [-0.25, -0.2) is 0 Å². The molecule has 1 aliphatic carbocycles. The average Bonchev–Trinajstić information content (AvgIpc) is 3.22. The molecule has 1 aliphatic rings. The van der Waals surface area contributed by atoms with Crippen LogP contribution in [0.5, 0.6) is 0 Å². The summed E-state index contributed by atoms with van der Waals surface area (Å²) in [5.74, 6) is 0.702. The predicted molar refractivity (Wildman–Crippen MR) is 80.6 cm³/mol. The average molecular weight is 282 g/mol. The summed E-state index contributed by atoms with van der Waals surface area (Å²) in [5, 5.41) is 4.43. The van der Waals surface area contributed by atoms with Crippen molar-refractivity contribution in [2.45, 2.75) is 45.3 Å². The Kier molecular flexibility index (Phi) is 5.68. The molecule has 0 bridgehead atoms. The molecule has 2 nitrogen and oxygen atoms in total. The first-order valence-corrected chi connectivity index (χ1v) is 7.74. The lowest BCUT2D eigenvalue weighted by Gasteiger charge is -2.28. The van der Waals surface area contributed by atoms with Gasteiger partial charge in [-0.15, -0.1) is 0 Å². The number of ether oxygens (including phenoxy) is 1. The molecule has 2 rings (SSSR count). The summed E-state index contributed by atoms with van der Waals surface area (Å²) in [6.07, 6.45) is 3.97. The second-order valence-corrected chi connectivity index (χ2v) is 5.68. The first-order chi connectivity index (χ1) is 9.26. The van der Waals surface area contributed by atoms with E-state index in [4.69, 9.17) is 16.3 Å². The molecule has 1 saturated carbocycles. The number of hydrogen-bond acceptors (Lipinski definition) is 2. The van der Waals surface area contributed by atoms with Gasteiger partial charge in [-0.1, -0.05) is 30.7 Å². The zero-order chi connectivity index (χ0) is 13.7. The molecule has 106 valence electrons. The smallest absolute Gasteiger partial charge is 0.0797 e. The lowest BCUT2D eigenvalue weighted by Crippen LogP contribution is -2.36. The van der Waals surface area contributed by atoms with Crippen LogP contribution in [0.3, 0.4) is 0 Å². The van der Waals surface area contributed by atoms with Crippen molar-refractivity contribution in [3.05, 3.63) is 34.9 Å². The Hall–Kier alpha value is -0.570. The van der Waals surface area contributed by atoms with E-state index in [-0.39, 0.29) is 12.1 Å². The minimum Gasteiger partial charge on any atom is -0.376 e. The molecule has 0 radical (unpaired) electrons. The first-order valence-electron chi connectivity index (χ1n) is 7.36. The highest BCUT2D eigenvalue weighted by atomic mass is 35.5. The van der Waals surface area contributed by atoms with E-state index in [1.165, 1.54) is 18.4 Å². The van der Waals surface area contributed by atoms with Gasteiger partial charge >= 0.3 is 0 Å². The molecule has 0 aliphatic heterocycles. The van der Waals surface area contributed by atoms with Crippen LogP contribution < -0.4 is 5.32 Å². The number of nitrogens with one attached hydrogen (secondary N) is 1. The fourth-order valence-electron chi connectivity index (χ4n) is 2.55. The number of hydrogen-bond donors (Lipinski definition) is 1. The van der Waals surface area contributed by atoms with Gasteiger partial charge in [0.05, 0.1) is 12.1 Å². The Morgan fingerprint density at radius 1 is 1.37 bits per heavy atom. The van der Waals surface area contributed by atoms with E-state index in [0.717, 1.165) is 24.6 Å². The summed E-state index contributed by atoms with van der Waals surface area (Å²) in [6.45, 7) is 6.04. The molecule has 2 atom stereocenters. The topological polar surface area (TPSA) is 21.3 Å². The maximum Gasteiger partial charge on any atom is 0.0797 e. The maximum absolute atomic E-state index is 6.13. The Bertz CT molecular complexity index is 392. The summed E-state index contributed by atoms with van der Waals surface area (Å²) in [7, 11) is 0. The van der Waals surface area contributed by atoms with Gasteiger partial charge < -0.3 is 10.1 Å². The number of benzene rings is 1. The highest BCUT2D eigenvalue weighted by molar-refractivity contribution is 6.30. The Balaban J connectivity index is 2.17. The number of rotatable bonds is 8. The van der Waals surface area contributed by atoms with Gasteiger partial charge in [0.2, 0.25) is 0 Å². The summed E-state index contributed by atoms with van der Waals surface area (Å²) in [5.41, 5.74) is 1.24. The van der Waals surface area contributed by atoms with Crippen molar-refractivity contribution in [1.29, 1.82) is 0 Å². The Morgan fingerprint density at radius 3 is 2.74 bits per heavy atom. The van der Waals surface area contributed by atoms with E-state index in [2.05, 4.69) is 31.3 Å². The van der Waals surface area contributed by atoms with Crippen LogP contribution in [0.15, 0.2) is 24.3 Å². The second kappa shape index (κ2) is 7.28. The van der Waals surface area contributed by atoms with Gasteiger partial charge in [0.15, 0.2) is 0 Å². The maximum atomic E-state index is 6.13. The molecule has 1 aromatic rings. The normalized spacial score (nSPS) is 18.3. The van der Waals surface area contributed by atoms with E-state index >= 15 is 0 Å². The van der Waals surface area contributed by atoms with Crippen molar-refractivity contribution in [3.8, 4) is 0 Å². The van der Waals surface area contributed by atoms with E-state index in [9.17, 15) is 0 Å². The van der Waals surface area contributed by atoms with Gasteiger partial charge in [0.25, 0.3) is 0 Å². The van der Waals surface area contributed by atoms with E-state index < -0.39 is 0 Å². The summed E-state index contributed by atoms with van der Waals surface area (Å²) in [6, 6.07) is 8.41. The minimum atomic E-state index is 0.256. The van der Waals surface area contributed by atoms with Crippen LogP contribution in [0, 0.1) is 5.92 Å².